The molecule has 15 heteroatoms. The van der Waals surface area contributed by atoms with E-state index >= 15 is 0 Å². The first-order valence-electron chi connectivity index (χ1n) is 14.4. The molecule has 46 heavy (non-hydrogen) atoms. The van der Waals surface area contributed by atoms with E-state index in [2.05, 4.69) is 10.6 Å². The van der Waals surface area contributed by atoms with Crippen LogP contribution in [-0.4, -0.2) is 37.8 Å². The van der Waals surface area contributed by atoms with Crippen LogP contribution < -0.4 is 15.4 Å². The molecule has 248 valence electrons. The Hall–Kier alpha value is -4.11. The van der Waals surface area contributed by atoms with Gasteiger partial charge in [0.15, 0.2) is 0 Å². The highest BCUT2D eigenvalue weighted by atomic mass is 32.2. The van der Waals surface area contributed by atoms with Gasteiger partial charge in [-0.25, -0.2) is 9.52 Å². The van der Waals surface area contributed by atoms with E-state index in [-0.39, 0.29) is 49.2 Å². The topological polar surface area (TPSA) is 108 Å². The highest BCUT2D eigenvalue weighted by Crippen LogP contribution is 2.36. The average molecular weight is 671 g/mol. The third-order valence-corrected chi connectivity index (χ3v) is 9.03. The maximum Gasteiger partial charge on any atom is 0.416 e. The second kappa shape index (κ2) is 14.5. The third kappa shape index (κ3) is 9.94. The van der Waals surface area contributed by atoms with Gasteiger partial charge >= 0.3 is 28.6 Å². The predicted molar refractivity (Wildman–Crippen MR) is 159 cm³/mol. The van der Waals surface area contributed by atoms with Crippen LogP contribution in [0.2, 0.25) is 0 Å². The van der Waals surface area contributed by atoms with E-state index in [4.69, 9.17) is 0 Å². The van der Waals surface area contributed by atoms with Crippen molar-refractivity contribution >= 4 is 27.8 Å². The van der Waals surface area contributed by atoms with Crippen LogP contribution in [0.5, 0.6) is 0 Å². The minimum absolute atomic E-state index is 0.0530. The quantitative estimate of drug-likeness (QED) is 0.206. The van der Waals surface area contributed by atoms with Gasteiger partial charge in [-0.2, -0.15) is 39.1 Å². The Kier molecular flexibility index (Phi) is 11.0. The van der Waals surface area contributed by atoms with Gasteiger partial charge < -0.3 is 10.6 Å². The van der Waals surface area contributed by atoms with Crippen molar-refractivity contribution in [3.8, 4) is 0 Å². The molecular weight excluding hydrogens is 638 g/mol. The van der Waals surface area contributed by atoms with Crippen LogP contribution in [0.15, 0.2) is 78.9 Å². The maximum absolute atomic E-state index is 13.4. The molecule has 3 amide bonds. The van der Waals surface area contributed by atoms with Crippen LogP contribution in [-0.2, 0) is 29.1 Å². The van der Waals surface area contributed by atoms with Gasteiger partial charge in [0.05, 0.1) is 11.1 Å². The Morgan fingerprint density at radius 3 is 1.83 bits per heavy atom. The number of nitrogens with one attached hydrogen (secondary N) is 3. The van der Waals surface area contributed by atoms with Crippen molar-refractivity contribution in [1.29, 1.82) is 0 Å². The Bertz CT molecular complexity index is 1560. The van der Waals surface area contributed by atoms with E-state index in [0.29, 0.717) is 43.5 Å². The summed E-state index contributed by atoms with van der Waals surface area (Å²) in [5, 5.41) is 5.57. The van der Waals surface area contributed by atoms with Gasteiger partial charge in [-0.05, 0) is 73.4 Å². The number of nitrogens with zero attached hydrogens (tertiary/aromatic N) is 1. The molecule has 0 aromatic heterocycles. The number of hydrogen-bond acceptors (Lipinski definition) is 4. The number of halogens is 6. The SMILES string of the molecule is O=C(NCC1CCC(CN(Cc2ccccc2)S(=O)(=O)NC(=O)c2cc(C(F)(F)F)cc(C(F)(F)F)c2)CC1)Nc1ccccc1. The molecule has 8 nitrogen and oxygen atoms in total. The largest absolute Gasteiger partial charge is 0.416 e. The summed E-state index contributed by atoms with van der Waals surface area (Å²) in [6.07, 6.45) is -7.91. The molecule has 3 aromatic rings. The van der Waals surface area contributed by atoms with Gasteiger partial charge in [0, 0.05) is 30.9 Å². The number of alkyl halides is 6. The molecule has 4 rings (SSSR count). The molecule has 1 saturated carbocycles. The normalized spacial score (nSPS) is 17.4. The van der Waals surface area contributed by atoms with Gasteiger partial charge in [0.25, 0.3) is 5.91 Å². The summed E-state index contributed by atoms with van der Waals surface area (Å²) in [7, 11) is -4.72. The van der Waals surface area contributed by atoms with Crippen LogP contribution >= 0.6 is 0 Å². The number of hydrogen-bond donors (Lipinski definition) is 3. The van der Waals surface area contributed by atoms with Crippen molar-refractivity contribution in [3.63, 3.8) is 0 Å². The van der Waals surface area contributed by atoms with Crippen LogP contribution in [0, 0.1) is 11.8 Å². The zero-order chi connectivity index (χ0) is 33.5. The zero-order valence-corrected chi connectivity index (χ0v) is 25.2. The summed E-state index contributed by atoms with van der Waals surface area (Å²) in [6.45, 7) is 0.161. The molecule has 0 spiro atoms. The number of para-hydroxylation sites is 1. The molecule has 0 unspecified atom stereocenters. The van der Waals surface area contributed by atoms with Crippen LogP contribution in [0.25, 0.3) is 0 Å². The summed E-state index contributed by atoms with van der Waals surface area (Å²) < 4.78 is 109. The summed E-state index contributed by atoms with van der Waals surface area (Å²) >= 11 is 0. The van der Waals surface area contributed by atoms with Crippen molar-refractivity contribution in [2.45, 2.75) is 44.6 Å². The molecule has 1 fully saturated rings. The molecule has 1 aliphatic carbocycles. The van der Waals surface area contributed by atoms with E-state index < -0.39 is 45.2 Å². The van der Waals surface area contributed by atoms with Crippen molar-refractivity contribution in [1.82, 2.24) is 14.3 Å². The molecule has 0 radical (unpaired) electrons. The van der Waals surface area contributed by atoms with Gasteiger partial charge in [0.1, 0.15) is 0 Å². The number of benzene rings is 3. The second-order valence-corrected chi connectivity index (χ2v) is 12.8. The molecule has 0 aliphatic heterocycles. The van der Waals surface area contributed by atoms with E-state index in [9.17, 15) is 44.3 Å². The number of anilines is 1. The Labute approximate surface area is 262 Å². The average Bonchev–Trinajstić information content (AvgIpc) is 3.00. The molecule has 0 saturated heterocycles. The number of carbonyl (C=O) groups is 2. The number of amides is 3. The lowest BCUT2D eigenvalue weighted by Crippen LogP contribution is -2.45. The molecule has 1 aliphatic rings. The van der Waals surface area contributed by atoms with Crippen LogP contribution in [0.4, 0.5) is 36.8 Å². The van der Waals surface area contributed by atoms with Gasteiger partial charge in [-0.15, -0.1) is 0 Å². The highest BCUT2D eigenvalue weighted by molar-refractivity contribution is 7.87. The minimum Gasteiger partial charge on any atom is -0.338 e. The van der Waals surface area contributed by atoms with E-state index in [1.165, 1.54) is 0 Å². The number of urea groups is 1. The molecule has 0 bridgehead atoms. The van der Waals surface area contributed by atoms with E-state index in [1.54, 1.807) is 59.3 Å². The molecular formula is C31H32F6N4O4S. The van der Waals surface area contributed by atoms with Crippen molar-refractivity contribution in [3.05, 3.63) is 101 Å². The minimum atomic E-state index is -5.21. The van der Waals surface area contributed by atoms with Crippen LogP contribution in [0.3, 0.4) is 0 Å². The zero-order valence-electron chi connectivity index (χ0n) is 24.4. The fourth-order valence-corrected chi connectivity index (χ4v) is 6.41. The first kappa shape index (κ1) is 34.8. The van der Waals surface area contributed by atoms with Crippen molar-refractivity contribution in [2.75, 3.05) is 18.4 Å². The predicted octanol–water partition coefficient (Wildman–Crippen LogP) is 6.83. The smallest absolute Gasteiger partial charge is 0.338 e. The lowest BCUT2D eigenvalue weighted by molar-refractivity contribution is -0.143. The van der Waals surface area contributed by atoms with Crippen LogP contribution in [0.1, 0.15) is 52.7 Å². The number of carbonyl (C=O) groups excluding carboxylic acids is 2. The fourth-order valence-electron chi connectivity index (χ4n) is 5.20. The fraction of sp³-hybridized carbons (Fsp3) is 0.355. The maximum atomic E-state index is 13.4. The summed E-state index contributed by atoms with van der Waals surface area (Å²) in [5.41, 5.74) is -3.38. The van der Waals surface area contributed by atoms with Crippen molar-refractivity contribution < 1.29 is 44.3 Å². The molecule has 0 atom stereocenters. The lowest BCUT2D eigenvalue weighted by atomic mass is 9.82. The second-order valence-electron chi connectivity index (χ2n) is 11.1. The van der Waals surface area contributed by atoms with Gasteiger partial charge in [-0.3, -0.25) is 4.79 Å². The lowest BCUT2D eigenvalue weighted by Gasteiger charge is -2.32. The van der Waals surface area contributed by atoms with E-state index in [1.807, 2.05) is 6.07 Å². The Morgan fingerprint density at radius 1 is 0.761 bits per heavy atom. The number of rotatable bonds is 10. The highest BCUT2D eigenvalue weighted by Gasteiger charge is 2.38. The first-order valence-corrected chi connectivity index (χ1v) is 15.8. The first-order chi connectivity index (χ1) is 21.6. The molecule has 3 N–H and O–H groups in total. The standard InChI is InChI=1S/C31H32F6N4O4S/c32-30(33,34)25-15-24(16-26(17-25)31(35,36)37)28(42)40-46(44,45)41(19-22-7-3-1-4-8-22)20-23-13-11-21(12-14-23)18-38-29(43)39-27-9-5-2-6-10-27/h1-10,15-17,21,23H,11-14,18-20H2,(H,40,42)(H2,38,39,43). The Morgan fingerprint density at radius 2 is 1.28 bits per heavy atom. The monoisotopic (exact) mass is 670 g/mol. The summed E-state index contributed by atoms with van der Waals surface area (Å²) in [4.78, 5) is 25.1. The van der Waals surface area contributed by atoms with Gasteiger partial charge in [0.2, 0.25) is 0 Å². The Balaban J connectivity index is 1.43. The molecule has 0 heterocycles. The molecule has 3 aromatic carbocycles. The van der Waals surface area contributed by atoms with Gasteiger partial charge in [-0.1, -0.05) is 48.5 Å². The summed E-state index contributed by atoms with van der Waals surface area (Å²) in [6, 6.07) is 17.1. The summed E-state index contributed by atoms with van der Waals surface area (Å²) in [5.74, 6) is -1.64. The van der Waals surface area contributed by atoms with Crippen molar-refractivity contribution in [2.24, 2.45) is 11.8 Å². The van der Waals surface area contributed by atoms with E-state index in [0.717, 1.165) is 4.31 Å². The third-order valence-electron chi connectivity index (χ3n) is 7.62.